The van der Waals surface area contributed by atoms with Gasteiger partial charge in [0.2, 0.25) is 5.78 Å². The molecular formula is C44H56O9. The lowest BCUT2D eigenvalue weighted by Crippen LogP contribution is -2.60. The van der Waals surface area contributed by atoms with E-state index in [-0.39, 0.29) is 72.3 Å². The molecule has 9 nitrogen and oxygen atoms in total. The molecular weight excluding hydrogens is 672 g/mol. The monoisotopic (exact) mass is 728 g/mol. The molecule has 53 heavy (non-hydrogen) atoms. The number of Topliss-reactive ketones (excluding diaryl/α,β-unsaturated/α-hetero) is 2. The highest BCUT2D eigenvalue weighted by molar-refractivity contribution is 6.02. The van der Waals surface area contributed by atoms with Crippen LogP contribution in [0.4, 0.5) is 0 Å². The average molecular weight is 729 g/mol. The van der Waals surface area contributed by atoms with Crippen LogP contribution in [0.5, 0.6) is 0 Å². The Balaban J connectivity index is 0.845. The zero-order valence-corrected chi connectivity index (χ0v) is 31.8. The van der Waals surface area contributed by atoms with E-state index < -0.39 is 40.8 Å². The van der Waals surface area contributed by atoms with E-state index >= 15 is 0 Å². The van der Waals surface area contributed by atoms with Crippen molar-refractivity contribution in [2.24, 2.45) is 63.6 Å². The van der Waals surface area contributed by atoms with Crippen molar-refractivity contribution in [3.63, 3.8) is 0 Å². The number of aliphatic hydroxyl groups is 1. The fourth-order valence-electron chi connectivity index (χ4n) is 14.2. The summed E-state index contributed by atoms with van der Waals surface area (Å²) in [4.78, 5) is 77.8. The van der Waals surface area contributed by atoms with Crippen molar-refractivity contribution in [2.75, 3.05) is 6.61 Å². The molecule has 0 aromatic heterocycles. The minimum Gasteiger partial charge on any atom is -0.462 e. The van der Waals surface area contributed by atoms with Gasteiger partial charge in [0.05, 0.1) is 12.8 Å². The van der Waals surface area contributed by atoms with Gasteiger partial charge in [-0.3, -0.25) is 28.8 Å². The van der Waals surface area contributed by atoms with Crippen LogP contribution in [0.15, 0.2) is 35.5 Å². The molecule has 0 saturated heterocycles. The molecule has 0 bridgehead atoms. The van der Waals surface area contributed by atoms with Gasteiger partial charge in [0.25, 0.3) is 0 Å². The number of allylic oxidation sites excluding steroid dienone is 5. The van der Waals surface area contributed by atoms with E-state index in [1.54, 1.807) is 12.2 Å². The number of ether oxygens (including phenoxy) is 2. The number of hydrogen-bond acceptors (Lipinski definition) is 9. The van der Waals surface area contributed by atoms with Crippen LogP contribution in [0, 0.1) is 63.6 Å². The van der Waals surface area contributed by atoms with Crippen LogP contribution in [-0.2, 0) is 38.2 Å². The Bertz CT molecular complexity index is 1740. The lowest BCUT2D eigenvalue weighted by molar-refractivity contribution is -0.173. The highest BCUT2D eigenvalue weighted by Crippen LogP contribution is 2.67. The SMILES string of the molecule is CC1CC2(C)C(OC(=O)CCC(=O)OCC(=O)C3(O)CCC4C5CCC6=CC(=O)C=CC6(C)C5C(=O)CC43C)CCC2C2CCC3=CC(=O)CCC3C12. The molecule has 1 N–H and O–H groups in total. The molecule has 0 aromatic rings. The van der Waals surface area contributed by atoms with Crippen LogP contribution in [0.2, 0.25) is 0 Å². The quantitative estimate of drug-likeness (QED) is 0.295. The number of carbonyl (C=O) groups is 6. The molecule has 13 unspecified atom stereocenters. The van der Waals surface area contributed by atoms with Crippen LogP contribution in [0.3, 0.4) is 0 Å². The van der Waals surface area contributed by atoms with E-state index in [9.17, 15) is 33.9 Å². The van der Waals surface area contributed by atoms with E-state index in [1.165, 1.54) is 5.57 Å². The molecule has 9 heteroatoms. The fourth-order valence-corrected chi connectivity index (χ4v) is 14.2. The number of fused-ring (bicyclic) bond motifs is 10. The van der Waals surface area contributed by atoms with E-state index in [0.717, 1.165) is 50.5 Å². The Hall–Kier alpha value is -3.20. The van der Waals surface area contributed by atoms with Crippen molar-refractivity contribution in [3.8, 4) is 0 Å². The topological polar surface area (TPSA) is 141 Å². The minimum absolute atomic E-state index is 0.00127. The molecule has 0 spiro atoms. The maximum absolute atomic E-state index is 13.9. The van der Waals surface area contributed by atoms with Gasteiger partial charge in [0.15, 0.2) is 18.2 Å². The Morgan fingerprint density at radius 1 is 0.868 bits per heavy atom. The fraction of sp³-hybridized carbons (Fsp3) is 0.727. The van der Waals surface area contributed by atoms with Gasteiger partial charge in [-0.25, -0.2) is 0 Å². The highest BCUT2D eigenvalue weighted by atomic mass is 16.5. The summed E-state index contributed by atoms with van der Waals surface area (Å²) in [5.41, 5.74) is -1.11. The summed E-state index contributed by atoms with van der Waals surface area (Å²) in [5.74, 6) is 0.650. The summed E-state index contributed by atoms with van der Waals surface area (Å²) in [5, 5.41) is 12.0. The van der Waals surface area contributed by atoms with Gasteiger partial charge in [-0.1, -0.05) is 44.9 Å². The third-order valence-corrected chi connectivity index (χ3v) is 16.5. The maximum Gasteiger partial charge on any atom is 0.306 e. The summed E-state index contributed by atoms with van der Waals surface area (Å²) in [6, 6.07) is 0. The van der Waals surface area contributed by atoms with Crippen molar-refractivity contribution in [1.29, 1.82) is 0 Å². The van der Waals surface area contributed by atoms with Crippen LogP contribution >= 0.6 is 0 Å². The lowest BCUT2D eigenvalue weighted by atomic mass is 9.46. The lowest BCUT2D eigenvalue weighted by Gasteiger charge is -2.56. The van der Waals surface area contributed by atoms with Gasteiger partial charge in [-0.2, -0.15) is 0 Å². The maximum atomic E-state index is 13.9. The van der Waals surface area contributed by atoms with E-state index in [4.69, 9.17) is 9.47 Å². The number of carbonyl (C=O) groups excluding carboxylic acids is 6. The molecule has 13 atom stereocenters. The van der Waals surface area contributed by atoms with Crippen LogP contribution in [0.1, 0.15) is 118 Å². The molecule has 0 heterocycles. The van der Waals surface area contributed by atoms with E-state index in [2.05, 4.69) is 13.8 Å². The molecule has 0 radical (unpaired) electrons. The highest BCUT2D eigenvalue weighted by Gasteiger charge is 2.68. The summed E-state index contributed by atoms with van der Waals surface area (Å²) in [6.07, 6.45) is 15.2. The standard InChI is InChI=1S/C44H56O9/c1-24-21-42(3)32(30-8-5-25-19-27(45)7-10-29(25)39(24)30)11-12-36(42)53-38(50)14-13-37(49)52-23-35(48)44(51)18-16-33-31-9-6-26-20-28(46)15-17-41(26,2)40(31)34(47)22-43(33,44)4/h15,17,19-20,24,29-33,36,39-40,51H,5-14,16,18,21-23H2,1-4H3. The largest absolute Gasteiger partial charge is 0.462 e. The zero-order chi connectivity index (χ0) is 37.7. The van der Waals surface area contributed by atoms with Gasteiger partial charge >= 0.3 is 11.9 Å². The molecule has 8 rings (SSSR count). The van der Waals surface area contributed by atoms with Crippen molar-refractivity contribution >= 4 is 35.1 Å². The predicted octanol–water partition coefficient (Wildman–Crippen LogP) is 6.40. The zero-order valence-electron chi connectivity index (χ0n) is 31.8. The first-order valence-corrected chi connectivity index (χ1v) is 20.4. The second-order valence-corrected chi connectivity index (χ2v) is 19.0. The molecule has 6 saturated carbocycles. The third kappa shape index (κ3) is 5.63. The molecule has 6 fully saturated rings. The Kier molecular flexibility index (Phi) is 8.98. The first-order chi connectivity index (χ1) is 25.1. The van der Waals surface area contributed by atoms with E-state index in [1.807, 2.05) is 26.0 Å². The first kappa shape index (κ1) is 36.8. The summed E-state index contributed by atoms with van der Waals surface area (Å²) < 4.78 is 11.5. The molecule has 286 valence electrons. The van der Waals surface area contributed by atoms with Crippen LogP contribution in [0.25, 0.3) is 0 Å². The number of esters is 2. The molecule has 0 amide bonds. The van der Waals surface area contributed by atoms with Crippen molar-refractivity contribution in [3.05, 3.63) is 35.5 Å². The van der Waals surface area contributed by atoms with Crippen LogP contribution < -0.4 is 0 Å². The van der Waals surface area contributed by atoms with Crippen molar-refractivity contribution in [1.82, 2.24) is 0 Å². The molecule has 0 aliphatic heterocycles. The summed E-state index contributed by atoms with van der Waals surface area (Å²) >= 11 is 0. The Morgan fingerprint density at radius 2 is 1.62 bits per heavy atom. The summed E-state index contributed by atoms with van der Waals surface area (Å²) in [6.45, 7) is 7.87. The molecule has 0 aromatic carbocycles. The van der Waals surface area contributed by atoms with Crippen molar-refractivity contribution < 1.29 is 43.3 Å². The van der Waals surface area contributed by atoms with Gasteiger partial charge in [-0.05, 0) is 124 Å². The Morgan fingerprint density at radius 3 is 2.42 bits per heavy atom. The molecule has 8 aliphatic rings. The van der Waals surface area contributed by atoms with Gasteiger partial charge in [-0.15, -0.1) is 0 Å². The molecule has 8 aliphatic carbocycles. The first-order valence-electron chi connectivity index (χ1n) is 20.4. The van der Waals surface area contributed by atoms with Gasteiger partial charge in [0.1, 0.15) is 17.5 Å². The number of hydrogen-bond donors (Lipinski definition) is 1. The van der Waals surface area contributed by atoms with E-state index in [0.29, 0.717) is 48.9 Å². The Labute approximate surface area is 312 Å². The van der Waals surface area contributed by atoms with Crippen LogP contribution in [-0.4, -0.2) is 58.5 Å². The number of ketones is 4. The number of rotatable bonds is 7. The van der Waals surface area contributed by atoms with Gasteiger partial charge in [0, 0.05) is 35.0 Å². The normalized spacial score (nSPS) is 45.4. The predicted molar refractivity (Wildman–Crippen MR) is 194 cm³/mol. The smallest absolute Gasteiger partial charge is 0.306 e. The minimum atomic E-state index is -1.80. The average Bonchev–Trinajstić information content (AvgIpc) is 3.57. The second kappa shape index (κ2) is 12.9. The third-order valence-electron chi connectivity index (χ3n) is 16.5. The van der Waals surface area contributed by atoms with Gasteiger partial charge < -0.3 is 14.6 Å². The second-order valence-electron chi connectivity index (χ2n) is 19.0. The van der Waals surface area contributed by atoms with Crippen molar-refractivity contribution in [2.45, 2.75) is 129 Å². The summed E-state index contributed by atoms with van der Waals surface area (Å²) in [7, 11) is 0.